The van der Waals surface area contributed by atoms with E-state index in [-0.39, 0.29) is 18.2 Å². The Morgan fingerprint density at radius 1 is 1.15 bits per heavy atom. The first kappa shape index (κ1) is 27.9. The predicted molar refractivity (Wildman–Crippen MR) is 153 cm³/mol. The highest BCUT2D eigenvalue weighted by Crippen LogP contribution is 2.31. The summed E-state index contributed by atoms with van der Waals surface area (Å²) in [5.74, 6) is 2.19. The molecule has 0 aromatic carbocycles. The number of pyridine rings is 2. The number of nitrogens with zero attached hydrogens (tertiary/aromatic N) is 7. The summed E-state index contributed by atoms with van der Waals surface area (Å²) >= 11 is 0. The number of anilines is 1. The normalized spacial score (nSPS) is 18.6. The fraction of sp³-hybridized carbons (Fsp3) is 0.567. The van der Waals surface area contributed by atoms with Crippen LogP contribution in [0.5, 0.6) is 5.75 Å². The Balaban J connectivity index is 1.26. The van der Waals surface area contributed by atoms with Crippen LogP contribution in [0.2, 0.25) is 0 Å². The van der Waals surface area contributed by atoms with E-state index in [4.69, 9.17) is 14.5 Å². The molecule has 4 heterocycles. The van der Waals surface area contributed by atoms with E-state index in [2.05, 4.69) is 39.3 Å². The number of hydrogen-bond acceptors (Lipinski definition) is 8. The van der Waals surface area contributed by atoms with Crippen LogP contribution in [-0.2, 0) is 4.74 Å². The first-order chi connectivity index (χ1) is 19.2. The second-order valence-electron chi connectivity index (χ2n) is 12.0. The van der Waals surface area contributed by atoms with Crippen LogP contribution in [0, 0.1) is 5.92 Å². The van der Waals surface area contributed by atoms with Gasteiger partial charge in [0.25, 0.3) is 0 Å². The Labute approximate surface area is 236 Å². The Morgan fingerprint density at radius 3 is 2.65 bits per heavy atom. The van der Waals surface area contributed by atoms with E-state index in [1.54, 1.807) is 19.5 Å². The number of aromatic nitrogens is 5. The van der Waals surface area contributed by atoms with Gasteiger partial charge >= 0.3 is 6.09 Å². The fourth-order valence-electron chi connectivity index (χ4n) is 5.32. The fourth-order valence-corrected chi connectivity index (χ4v) is 5.32. The number of carbonyl (C=O) groups is 1. The van der Waals surface area contributed by atoms with E-state index in [0.29, 0.717) is 11.7 Å². The molecule has 0 spiro atoms. The van der Waals surface area contributed by atoms with Gasteiger partial charge in [0.05, 0.1) is 31.6 Å². The average molecular weight is 548 g/mol. The predicted octanol–water partition coefficient (Wildman–Crippen LogP) is 5.36. The summed E-state index contributed by atoms with van der Waals surface area (Å²) < 4.78 is 12.9. The first-order valence-corrected chi connectivity index (χ1v) is 14.3. The van der Waals surface area contributed by atoms with Crippen molar-refractivity contribution in [1.82, 2.24) is 29.9 Å². The molecule has 1 saturated carbocycles. The molecule has 5 rings (SSSR count). The van der Waals surface area contributed by atoms with E-state index >= 15 is 0 Å². The highest BCUT2D eigenvalue weighted by atomic mass is 16.6. The lowest BCUT2D eigenvalue weighted by atomic mass is 9.84. The molecule has 10 heteroatoms. The molecular weight excluding hydrogens is 506 g/mol. The zero-order valence-corrected chi connectivity index (χ0v) is 24.3. The molecule has 1 saturated heterocycles. The van der Waals surface area contributed by atoms with Crippen LogP contribution in [-0.4, -0.2) is 74.3 Å². The van der Waals surface area contributed by atoms with Gasteiger partial charge in [-0.05, 0) is 77.0 Å². The van der Waals surface area contributed by atoms with Crippen molar-refractivity contribution in [2.75, 3.05) is 31.6 Å². The van der Waals surface area contributed by atoms with Crippen LogP contribution in [0.1, 0.15) is 71.4 Å². The number of rotatable bonds is 8. The number of carbonyl (C=O) groups excluding carboxylic acids is 1. The number of piperidine rings is 1. The lowest BCUT2D eigenvalue weighted by molar-refractivity contribution is 0.00733. The zero-order valence-electron chi connectivity index (χ0n) is 24.3. The molecule has 3 aromatic rings. The lowest BCUT2D eigenvalue weighted by Crippen LogP contribution is -2.53. The van der Waals surface area contributed by atoms with Gasteiger partial charge in [0.15, 0.2) is 0 Å². The highest BCUT2D eigenvalue weighted by molar-refractivity contribution is 5.69. The third kappa shape index (κ3) is 6.54. The molecular formula is C30H41N7O3. The Hall–Kier alpha value is -3.69. The maximum absolute atomic E-state index is 13.2. The number of ether oxygens (including phenoxy) is 2. The van der Waals surface area contributed by atoms with Crippen molar-refractivity contribution < 1.29 is 14.3 Å². The second kappa shape index (κ2) is 11.8. The third-order valence-corrected chi connectivity index (χ3v) is 7.87. The van der Waals surface area contributed by atoms with Crippen molar-refractivity contribution in [2.24, 2.45) is 5.92 Å². The molecule has 2 fully saturated rings. The van der Waals surface area contributed by atoms with Gasteiger partial charge in [-0.25, -0.2) is 14.5 Å². The molecule has 10 nitrogen and oxygen atoms in total. The van der Waals surface area contributed by atoms with Crippen LogP contribution in [0.15, 0.2) is 43.0 Å². The number of hydrogen-bond donors (Lipinski definition) is 0. The third-order valence-electron chi connectivity index (χ3n) is 7.87. The molecule has 2 aliphatic rings. The van der Waals surface area contributed by atoms with Crippen LogP contribution in [0.25, 0.3) is 11.3 Å². The van der Waals surface area contributed by atoms with Crippen molar-refractivity contribution in [1.29, 1.82) is 0 Å². The number of methoxy groups -OCH3 is 1. The van der Waals surface area contributed by atoms with Gasteiger partial charge in [-0.3, -0.25) is 4.98 Å². The number of amides is 1. The summed E-state index contributed by atoms with van der Waals surface area (Å²) in [5.41, 5.74) is 2.12. The molecule has 0 radical (unpaired) electrons. The Bertz CT molecular complexity index is 1280. The van der Waals surface area contributed by atoms with E-state index in [1.807, 2.05) is 48.8 Å². The quantitative estimate of drug-likeness (QED) is 0.372. The maximum Gasteiger partial charge on any atom is 0.410 e. The lowest BCUT2D eigenvalue weighted by Gasteiger charge is -2.42. The summed E-state index contributed by atoms with van der Waals surface area (Å²) in [5, 5.41) is 8.69. The molecule has 1 aliphatic heterocycles. The smallest absolute Gasteiger partial charge is 0.410 e. The van der Waals surface area contributed by atoms with Crippen molar-refractivity contribution in [3.8, 4) is 17.0 Å². The minimum Gasteiger partial charge on any atom is -0.495 e. The second-order valence-corrected chi connectivity index (χ2v) is 12.0. The van der Waals surface area contributed by atoms with Gasteiger partial charge in [0.2, 0.25) is 0 Å². The van der Waals surface area contributed by atoms with Gasteiger partial charge in [0.1, 0.15) is 22.9 Å². The van der Waals surface area contributed by atoms with Crippen LogP contribution in [0.4, 0.5) is 10.6 Å². The summed E-state index contributed by atoms with van der Waals surface area (Å²) in [6.07, 6.45) is 12.7. The van der Waals surface area contributed by atoms with Crippen LogP contribution in [0.3, 0.4) is 0 Å². The minimum atomic E-state index is -0.507. The topological polar surface area (TPSA) is 98.5 Å². The van der Waals surface area contributed by atoms with E-state index in [0.717, 1.165) is 55.1 Å². The molecule has 3 aromatic heterocycles. The monoisotopic (exact) mass is 547 g/mol. The summed E-state index contributed by atoms with van der Waals surface area (Å²) in [7, 11) is 1.62. The van der Waals surface area contributed by atoms with Gasteiger partial charge < -0.3 is 19.3 Å². The van der Waals surface area contributed by atoms with Crippen LogP contribution >= 0.6 is 0 Å². The largest absolute Gasteiger partial charge is 0.495 e. The average Bonchev–Trinajstić information content (AvgIpc) is 3.42. The molecule has 1 amide bonds. The van der Waals surface area contributed by atoms with E-state index < -0.39 is 5.60 Å². The SMILES string of the molecule is COc1cncc(-c2cn(C(C)c3ccc(N4CCC[C@@H](N(CC5CCC5)C(=O)OC(C)(C)C)C4)nc3)nn2)c1. The standard InChI is InChI=1S/C30H41N7O3/c1-21(37-20-27(33-34-37)24-14-26(39-5)17-31-15-24)23-11-12-28(32-16-23)35-13-7-10-25(19-35)36(18-22-8-6-9-22)29(38)40-30(2,3)4/h11-12,14-17,20-22,25H,6-10,13,18-19H2,1-5H3/t21?,25-/m1/s1. The zero-order chi connectivity index (χ0) is 28.3. The molecule has 214 valence electrons. The van der Waals surface area contributed by atoms with Gasteiger partial charge in [-0.15, -0.1) is 5.10 Å². The van der Waals surface area contributed by atoms with E-state index in [1.165, 1.54) is 19.3 Å². The van der Waals surface area contributed by atoms with Crippen molar-refractivity contribution >= 4 is 11.9 Å². The highest BCUT2D eigenvalue weighted by Gasteiger charge is 2.34. The summed E-state index contributed by atoms with van der Waals surface area (Å²) in [6.45, 7) is 10.3. The Morgan fingerprint density at radius 2 is 1.98 bits per heavy atom. The van der Waals surface area contributed by atoms with Crippen LogP contribution < -0.4 is 9.64 Å². The molecule has 2 atom stereocenters. The van der Waals surface area contributed by atoms with Gasteiger partial charge in [-0.1, -0.05) is 17.7 Å². The van der Waals surface area contributed by atoms with Gasteiger partial charge in [0, 0.05) is 37.6 Å². The van der Waals surface area contributed by atoms with Crippen molar-refractivity contribution in [3.05, 3.63) is 48.5 Å². The maximum atomic E-state index is 13.2. The summed E-state index contributed by atoms with van der Waals surface area (Å²) in [4.78, 5) is 26.5. The molecule has 1 unspecified atom stereocenters. The molecule has 0 N–H and O–H groups in total. The van der Waals surface area contributed by atoms with Gasteiger partial charge in [-0.2, -0.15) is 0 Å². The minimum absolute atomic E-state index is 0.0411. The Kier molecular flexibility index (Phi) is 8.23. The van der Waals surface area contributed by atoms with Crippen molar-refractivity contribution in [3.63, 3.8) is 0 Å². The summed E-state index contributed by atoms with van der Waals surface area (Å²) in [6, 6.07) is 6.14. The molecule has 40 heavy (non-hydrogen) atoms. The first-order valence-electron chi connectivity index (χ1n) is 14.3. The van der Waals surface area contributed by atoms with Crippen molar-refractivity contribution in [2.45, 2.75) is 77.5 Å². The molecule has 1 aliphatic carbocycles. The van der Waals surface area contributed by atoms with E-state index in [9.17, 15) is 4.79 Å². The molecule has 0 bridgehead atoms.